The maximum Gasteiger partial charge on any atom is 0.238 e. The monoisotopic (exact) mass is 253 g/mol. The number of nitrogens with zero attached hydrogens (tertiary/aromatic N) is 1. The Labute approximate surface area is 102 Å². The predicted molar refractivity (Wildman–Crippen MR) is 62.7 cm³/mol. The number of carbonyl (C=O) groups excluding carboxylic acids is 1. The number of aromatic nitrogens is 1. The van der Waals surface area contributed by atoms with Crippen molar-refractivity contribution in [3.63, 3.8) is 0 Å². The van der Waals surface area contributed by atoms with E-state index in [1.165, 1.54) is 12.3 Å². The highest BCUT2D eigenvalue weighted by molar-refractivity contribution is 6.31. The third-order valence-electron chi connectivity index (χ3n) is 2.29. The summed E-state index contributed by atoms with van der Waals surface area (Å²) in [4.78, 5) is 15.0. The first-order valence-electron chi connectivity index (χ1n) is 4.83. The maximum atomic E-state index is 13.7. The molecule has 0 spiro atoms. The molecule has 0 aliphatic carbocycles. The second-order valence-electron chi connectivity index (χ2n) is 3.55. The van der Waals surface area contributed by atoms with E-state index in [-0.39, 0.29) is 11.9 Å². The van der Waals surface area contributed by atoms with Crippen molar-refractivity contribution in [2.75, 3.05) is 0 Å². The summed E-state index contributed by atoms with van der Waals surface area (Å²) >= 11 is 5.77. The molecule has 0 aliphatic rings. The molecular weight excluding hydrogens is 245 g/mol. The highest BCUT2D eigenvalue weighted by atomic mass is 35.5. The fraction of sp³-hybridized carbons (Fsp3) is 0.0909. The number of nitrogens with one attached hydrogen (secondary N) is 1. The van der Waals surface area contributed by atoms with Gasteiger partial charge in [0.25, 0.3) is 0 Å². The summed E-state index contributed by atoms with van der Waals surface area (Å²) in [7, 11) is 0. The molecule has 0 bridgehead atoms. The zero-order valence-corrected chi connectivity index (χ0v) is 9.46. The smallest absolute Gasteiger partial charge is 0.238 e. The molecule has 1 aromatic heterocycles. The third-order valence-corrected chi connectivity index (χ3v) is 2.50. The zero-order valence-electron chi connectivity index (χ0n) is 8.71. The van der Waals surface area contributed by atoms with Crippen LogP contribution in [0.15, 0.2) is 24.4 Å². The molecule has 4 nitrogen and oxygen atoms in total. The van der Waals surface area contributed by atoms with Crippen LogP contribution >= 0.6 is 11.6 Å². The van der Waals surface area contributed by atoms with Crippen LogP contribution in [0.3, 0.4) is 0 Å². The van der Waals surface area contributed by atoms with Crippen LogP contribution < -0.4 is 11.3 Å². The molecule has 0 saturated heterocycles. The van der Waals surface area contributed by atoms with Gasteiger partial charge in [0.15, 0.2) is 0 Å². The number of hydrogen-bond donors (Lipinski definition) is 2. The Kier molecular flexibility index (Phi) is 3.21. The van der Waals surface area contributed by atoms with E-state index in [0.717, 1.165) is 0 Å². The minimum Gasteiger partial charge on any atom is -0.294 e. The average Bonchev–Trinajstić information content (AvgIpc) is 2.28. The van der Waals surface area contributed by atoms with Crippen molar-refractivity contribution in [2.24, 2.45) is 5.84 Å². The quantitative estimate of drug-likeness (QED) is 0.485. The van der Waals surface area contributed by atoms with Gasteiger partial charge >= 0.3 is 0 Å². The molecule has 0 saturated carbocycles. The van der Waals surface area contributed by atoms with Crippen LogP contribution in [-0.2, 0) is 11.2 Å². The van der Waals surface area contributed by atoms with Gasteiger partial charge in [0.2, 0.25) is 5.91 Å². The Bertz CT molecular complexity index is 588. The summed E-state index contributed by atoms with van der Waals surface area (Å²) in [6.07, 6.45) is 1.38. The minimum absolute atomic E-state index is 0.00979. The van der Waals surface area contributed by atoms with E-state index in [0.29, 0.717) is 16.0 Å². The van der Waals surface area contributed by atoms with Gasteiger partial charge in [-0.2, -0.15) is 0 Å². The molecule has 0 atom stereocenters. The van der Waals surface area contributed by atoms with Crippen molar-refractivity contribution in [2.45, 2.75) is 6.42 Å². The van der Waals surface area contributed by atoms with Gasteiger partial charge in [0, 0.05) is 11.6 Å². The molecular formula is C11H9ClFN3O. The fourth-order valence-corrected chi connectivity index (χ4v) is 1.74. The molecule has 2 aromatic rings. The van der Waals surface area contributed by atoms with Gasteiger partial charge in [-0.3, -0.25) is 15.2 Å². The molecule has 2 rings (SSSR count). The third kappa shape index (κ3) is 2.51. The van der Waals surface area contributed by atoms with Crippen molar-refractivity contribution in [3.05, 3.63) is 40.8 Å². The van der Waals surface area contributed by atoms with Crippen molar-refractivity contribution in [1.29, 1.82) is 0 Å². The number of benzene rings is 1. The fourth-order valence-electron chi connectivity index (χ4n) is 1.58. The molecule has 0 fully saturated rings. The van der Waals surface area contributed by atoms with E-state index in [2.05, 4.69) is 4.98 Å². The summed E-state index contributed by atoms with van der Waals surface area (Å²) in [5, 5.41) is 0.967. The normalized spacial score (nSPS) is 10.5. The largest absolute Gasteiger partial charge is 0.294 e. The van der Waals surface area contributed by atoms with Crippen molar-refractivity contribution >= 4 is 28.4 Å². The SMILES string of the molecule is NNC(=O)Cc1cc(F)c2ncc(Cl)cc2c1. The second kappa shape index (κ2) is 4.65. The lowest BCUT2D eigenvalue weighted by atomic mass is 10.1. The molecule has 1 heterocycles. The number of hydrogen-bond acceptors (Lipinski definition) is 3. The average molecular weight is 254 g/mol. The van der Waals surface area contributed by atoms with Gasteiger partial charge in [-0.05, 0) is 23.8 Å². The first-order chi connectivity index (χ1) is 8.10. The Balaban J connectivity index is 2.50. The minimum atomic E-state index is -0.487. The Morgan fingerprint density at radius 2 is 2.24 bits per heavy atom. The van der Waals surface area contributed by atoms with Crippen molar-refractivity contribution < 1.29 is 9.18 Å². The first-order valence-corrected chi connectivity index (χ1v) is 5.21. The molecule has 1 aromatic carbocycles. The summed E-state index contributed by atoms with van der Waals surface area (Å²) in [6.45, 7) is 0. The summed E-state index contributed by atoms with van der Waals surface area (Å²) < 4.78 is 13.7. The number of nitrogens with two attached hydrogens (primary N) is 1. The number of halogens is 2. The topological polar surface area (TPSA) is 68.0 Å². The van der Waals surface area contributed by atoms with Crippen LogP contribution in [0.25, 0.3) is 10.9 Å². The number of carbonyl (C=O) groups is 1. The molecule has 88 valence electrons. The van der Waals surface area contributed by atoms with Gasteiger partial charge in [0.05, 0.1) is 11.4 Å². The standard InChI is InChI=1S/C11H9ClFN3O/c12-8-4-7-1-6(3-10(17)16-14)2-9(13)11(7)15-5-8/h1-2,4-5H,3,14H2,(H,16,17). The van der Waals surface area contributed by atoms with E-state index in [9.17, 15) is 9.18 Å². The highest BCUT2D eigenvalue weighted by Gasteiger charge is 2.08. The Morgan fingerprint density at radius 3 is 2.94 bits per heavy atom. The van der Waals surface area contributed by atoms with E-state index in [1.54, 1.807) is 12.1 Å². The summed E-state index contributed by atoms with van der Waals surface area (Å²) in [5.41, 5.74) is 2.73. The van der Waals surface area contributed by atoms with Gasteiger partial charge in [-0.1, -0.05) is 11.6 Å². The van der Waals surface area contributed by atoms with Crippen LogP contribution in [0.2, 0.25) is 5.02 Å². The maximum absolute atomic E-state index is 13.7. The summed E-state index contributed by atoms with van der Waals surface area (Å²) in [6, 6.07) is 4.52. The predicted octanol–water partition coefficient (Wildman–Crippen LogP) is 1.56. The van der Waals surface area contributed by atoms with Crippen LogP contribution in [0.4, 0.5) is 4.39 Å². The van der Waals surface area contributed by atoms with Crippen molar-refractivity contribution in [3.8, 4) is 0 Å². The van der Waals surface area contributed by atoms with Crippen LogP contribution in [0.1, 0.15) is 5.56 Å². The summed E-state index contributed by atoms with van der Waals surface area (Å²) in [5.74, 6) is 4.09. The van der Waals surface area contributed by atoms with E-state index in [4.69, 9.17) is 17.4 Å². The van der Waals surface area contributed by atoms with Gasteiger partial charge in [-0.15, -0.1) is 0 Å². The van der Waals surface area contributed by atoms with E-state index in [1.807, 2.05) is 5.43 Å². The molecule has 0 unspecified atom stereocenters. The molecule has 1 amide bonds. The van der Waals surface area contributed by atoms with Crippen molar-refractivity contribution in [1.82, 2.24) is 10.4 Å². The molecule has 0 radical (unpaired) electrons. The first kappa shape index (κ1) is 11.8. The molecule has 3 N–H and O–H groups in total. The number of amides is 1. The molecule has 6 heteroatoms. The van der Waals surface area contributed by atoms with Crippen LogP contribution in [-0.4, -0.2) is 10.9 Å². The van der Waals surface area contributed by atoms with E-state index >= 15 is 0 Å². The van der Waals surface area contributed by atoms with Gasteiger partial charge in [0.1, 0.15) is 11.3 Å². The number of fused-ring (bicyclic) bond motifs is 1. The lowest BCUT2D eigenvalue weighted by Crippen LogP contribution is -2.31. The van der Waals surface area contributed by atoms with E-state index < -0.39 is 11.7 Å². The highest BCUT2D eigenvalue weighted by Crippen LogP contribution is 2.21. The number of hydrazine groups is 1. The number of rotatable bonds is 2. The molecule has 0 aliphatic heterocycles. The Morgan fingerprint density at radius 1 is 1.47 bits per heavy atom. The Hall–Kier alpha value is -1.72. The van der Waals surface area contributed by atoms with Crippen LogP contribution in [0.5, 0.6) is 0 Å². The lowest BCUT2D eigenvalue weighted by molar-refractivity contribution is -0.120. The lowest BCUT2D eigenvalue weighted by Gasteiger charge is -2.04. The van der Waals surface area contributed by atoms with Gasteiger partial charge < -0.3 is 0 Å². The second-order valence-corrected chi connectivity index (χ2v) is 3.98. The molecule has 17 heavy (non-hydrogen) atoms. The van der Waals surface area contributed by atoms with Crippen LogP contribution in [0, 0.1) is 5.82 Å². The number of pyridine rings is 1. The van der Waals surface area contributed by atoms with Gasteiger partial charge in [-0.25, -0.2) is 10.2 Å². The zero-order chi connectivity index (χ0) is 12.4.